The number of aryl methyl sites for hydroxylation is 1. The van der Waals surface area contributed by atoms with E-state index in [1.54, 1.807) is 6.20 Å². The Kier molecular flexibility index (Phi) is 6.61. The van der Waals surface area contributed by atoms with Gasteiger partial charge in [0.15, 0.2) is 5.82 Å². The van der Waals surface area contributed by atoms with Gasteiger partial charge < -0.3 is 19.4 Å². The fourth-order valence-electron chi connectivity index (χ4n) is 4.48. The summed E-state index contributed by atoms with van der Waals surface area (Å²) >= 11 is 0. The highest BCUT2D eigenvalue weighted by molar-refractivity contribution is 5.60. The summed E-state index contributed by atoms with van der Waals surface area (Å²) in [6, 6.07) is 8.40. The number of halogens is 1. The van der Waals surface area contributed by atoms with Gasteiger partial charge >= 0.3 is 0 Å². The first-order chi connectivity index (χ1) is 16.2. The minimum absolute atomic E-state index is 0.223. The van der Waals surface area contributed by atoms with Crippen LogP contribution in [0.1, 0.15) is 30.3 Å². The van der Waals surface area contributed by atoms with E-state index in [2.05, 4.69) is 41.9 Å². The van der Waals surface area contributed by atoms with Gasteiger partial charge in [0.1, 0.15) is 11.5 Å². The third kappa shape index (κ3) is 5.05. The number of nitrogens with one attached hydrogen (secondary N) is 1. The smallest absolute Gasteiger partial charge is 0.227 e. The molecule has 0 amide bonds. The van der Waals surface area contributed by atoms with Gasteiger partial charge in [-0.05, 0) is 37.5 Å². The Hall–Kier alpha value is -2.88. The van der Waals surface area contributed by atoms with Crippen LogP contribution in [0.15, 0.2) is 36.7 Å². The molecule has 8 nitrogen and oxygen atoms in total. The normalized spacial score (nSPS) is 17.9. The third-order valence-corrected chi connectivity index (χ3v) is 6.24. The molecule has 2 aliphatic heterocycles. The molecule has 0 radical (unpaired) electrons. The van der Waals surface area contributed by atoms with Gasteiger partial charge in [0.2, 0.25) is 5.95 Å². The van der Waals surface area contributed by atoms with Crippen LogP contribution in [0.5, 0.6) is 0 Å². The van der Waals surface area contributed by atoms with Gasteiger partial charge in [0, 0.05) is 44.6 Å². The Balaban J connectivity index is 1.33. The lowest BCUT2D eigenvalue weighted by atomic mass is 10.1. The molecule has 33 heavy (non-hydrogen) atoms. The molecule has 3 aromatic rings. The summed E-state index contributed by atoms with van der Waals surface area (Å²) in [4.78, 5) is 15.5. The molecule has 0 bridgehead atoms. The minimum atomic E-state index is -0.463. The second-order valence-corrected chi connectivity index (χ2v) is 8.50. The highest BCUT2D eigenvalue weighted by Gasteiger charge is 2.23. The Morgan fingerprint density at radius 1 is 1.00 bits per heavy atom. The lowest BCUT2D eigenvalue weighted by Crippen LogP contribution is -2.35. The van der Waals surface area contributed by atoms with E-state index in [9.17, 15) is 4.39 Å². The maximum atomic E-state index is 14.8. The van der Waals surface area contributed by atoms with Gasteiger partial charge in [-0.3, -0.25) is 4.90 Å². The third-order valence-electron chi connectivity index (χ3n) is 6.24. The molecule has 2 aromatic heterocycles. The highest BCUT2D eigenvalue weighted by atomic mass is 19.1. The minimum Gasteiger partial charge on any atom is -0.381 e. The van der Waals surface area contributed by atoms with E-state index in [0.29, 0.717) is 24.9 Å². The summed E-state index contributed by atoms with van der Waals surface area (Å²) in [5, 5.41) is 3.21. The van der Waals surface area contributed by atoms with Crippen LogP contribution >= 0.6 is 0 Å². The van der Waals surface area contributed by atoms with Crippen molar-refractivity contribution >= 4 is 11.6 Å². The molecule has 0 spiro atoms. The van der Waals surface area contributed by atoms with Crippen molar-refractivity contribution in [1.82, 2.24) is 24.4 Å². The van der Waals surface area contributed by atoms with Crippen molar-refractivity contribution in [3.8, 4) is 11.4 Å². The Morgan fingerprint density at radius 2 is 1.73 bits per heavy atom. The summed E-state index contributed by atoms with van der Waals surface area (Å²) in [6.45, 7) is 7.72. The number of morpholine rings is 1. The monoisotopic (exact) mass is 452 g/mol. The average Bonchev–Trinajstić information content (AvgIpc) is 3.24. The molecular formula is C24H29FN6O2. The number of ether oxygens (including phenoxy) is 2. The molecule has 0 saturated carbocycles. The number of aromatic nitrogens is 4. The maximum Gasteiger partial charge on any atom is 0.227 e. The van der Waals surface area contributed by atoms with E-state index in [1.807, 2.05) is 19.1 Å². The van der Waals surface area contributed by atoms with Crippen LogP contribution in [0, 0.1) is 12.7 Å². The zero-order valence-corrected chi connectivity index (χ0v) is 18.8. The predicted octanol–water partition coefficient (Wildman–Crippen LogP) is 3.71. The Morgan fingerprint density at radius 3 is 2.48 bits per heavy atom. The van der Waals surface area contributed by atoms with Gasteiger partial charge in [0.25, 0.3) is 0 Å². The van der Waals surface area contributed by atoms with Crippen LogP contribution in [0.2, 0.25) is 0 Å². The standard InChI is InChI=1S/C24H29FN6O2/c1-17-26-15-22(31(17)20-6-10-32-11-7-20)23-21(25)14-27-24(29-23)28-19-4-2-18(3-5-19)16-30-8-12-33-13-9-30/h2-5,14-15,20H,6-13,16H2,1H3,(H,27,28,29). The van der Waals surface area contributed by atoms with E-state index < -0.39 is 5.82 Å². The second kappa shape index (κ2) is 9.94. The fourth-order valence-corrected chi connectivity index (χ4v) is 4.48. The van der Waals surface area contributed by atoms with Crippen LogP contribution in [-0.2, 0) is 16.0 Å². The van der Waals surface area contributed by atoms with Crippen molar-refractivity contribution in [2.45, 2.75) is 32.4 Å². The maximum absolute atomic E-state index is 14.8. The molecule has 9 heteroatoms. The zero-order valence-electron chi connectivity index (χ0n) is 18.8. The quantitative estimate of drug-likeness (QED) is 0.611. The highest BCUT2D eigenvalue weighted by Crippen LogP contribution is 2.31. The summed E-state index contributed by atoms with van der Waals surface area (Å²) in [5.41, 5.74) is 3.01. The van der Waals surface area contributed by atoms with Crippen molar-refractivity contribution in [2.75, 3.05) is 44.8 Å². The molecule has 2 saturated heterocycles. The van der Waals surface area contributed by atoms with Gasteiger partial charge in [-0.1, -0.05) is 12.1 Å². The van der Waals surface area contributed by atoms with E-state index in [-0.39, 0.29) is 11.7 Å². The van der Waals surface area contributed by atoms with Crippen LogP contribution in [-0.4, -0.2) is 63.9 Å². The number of benzene rings is 1. The molecular weight excluding hydrogens is 423 g/mol. The number of hydrogen-bond acceptors (Lipinski definition) is 7. The number of rotatable bonds is 6. The van der Waals surface area contributed by atoms with Crippen LogP contribution < -0.4 is 5.32 Å². The van der Waals surface area contributed by atoms with Gasteiger partial charge in [0.05, 0.1) is 31.3 Å². The molecule has 1 N–H and O–H groups in total. The van der Waals surface area contributed by atoms with Gasteiger partial charge in [-0.25, -0.2) is 19.3 Å². The van der Waals surface area contributed by atoms with E-state index in [1.165, 1.54) is 11.8 Å². The van der Waals surface area contributed by atoms with Crippen molar-refractivity contribution in [2.24, 2.45) is 0 Å². The number of anilines is 2. The molecule has 0 aliphatic carbocycles. The number of nitrogens with zero attached hydrogens (tertiary/aromatic N) is 5. The number of hydrogen-bond donors (Lipinski definition) is 1. The molecule has 0 unspecified atom stereocenters. The Bertz CT molecular complexity index is 1080. The van der Waals surface area contributed by atoms with Crippen molar-refractivity contribution < 1.29 is 13.9 Å². The van der Waals surface area contributed by atoms with Crippen LogP contribution in [0.25, 0.3) is 11.4 Å². The van der Waals surface area contributed by atoms with Crippen LogP contribution in [0.4, 0.5) is 16.0 Å². The molecule has 2 fully saturated rings. The number of imidazole rings is 1. The van der Waals surface area contributed by atoms with E-state index >= 15 is 0 Å². The summed E-state index contributed by atoms with van der Waals surface area (Å²) < 4.78 is 27.8. The van der Waals surface area contributed by atoms with E-state index in [0.717, 1.165) is 57.2 Å². The van der Waals surface area contributed by atoms with E-state index in [4.69, 9.17) is 9.47 Å². The SMILES string of the molecule is Cc1ncc(-c2nc(Nc3ccc(CN4CCOCC4)cc3)ncc2F)n1C1CCOCC1. The molecule has 1 aromatic carbocycles. The summed E-state index contributed by atoms with van der Waals surface area (Å²) in [5.74, 6) is 0.736. The van der Waals surface area contributed by atoms with Crippen molar-refractivity contribution in [3.63, 3.8) is 0 Å². The molecule has 2 aliphatic rings. The Labute approximate surface area is 192 Å². The molecule has 174 valence electrons. The molecule has 4 heterocycles. The van der Waals surface area contributed by atoms with Gasteiger partial charge in [-0.2, -0.15) is 0 Å². The lowest BCUT2D eigenvalue weighted by molar-refractivity contribution is 0.0342. The average molecular weight is 453 g/mol. The fraction of sp³-hybridized carbons (Fsp3) is 0.458. The largest absolute Gasteiger partial charge is 0.381 e. The first kappa shape index (κ1) is 21.9. The zero-order chi connectivity index (χ0) is 22.6. The predicted molar refractivity (Wildman–Crippen MR) is 123 cm³/mol. The van der Waals surface area contributed by atoms with Crippen molar-refractivity contribution in [1.29, 1.82) is 0 Å². The summed E-state index contributed by atoms with van der Waals surface area (Å²) in [7, 11) is 0. The van der Waals surface area contributed by atoms with Crippen LogP contribution in [0.3, 0.4) is 0 Å². The molecule has 0 atom stereocenters. The second-order valence-electron chi connectivity index (χ2n) is 8.50. The topological polar surface area (TPSA) is 77.3 Å². The first-order valence-corrected chi connectivity index (χ1v) is 11.5. The first-order valence-electron chi connectivity index (χ1n) is 11.5. The summed E-state index contributed by atoms with van der Waals surface area (Å²) in [6.07, 6.45) is 4.66. The lowest BCUT2D eigenvalue weighted by Gasteiger charge is -2.26. The van der Waals surface area contributed by atoms with Crippen molar-refractivity contribution in [3.05, 3.63) is 53.9 Å². The van der Waals surface area contributed by atoms with Gasteiger partial charge in [-0.15, -0.1) is 0 Å². The molecule has 5 rings (SSSR count).